The lowest BCUT2D eigenvalue weighted by molar-refractivity contribution is -0.222. The van der Waals surface area contributed by atoms with Gasteiger partial charge in [-0.25, -0.2) is 47.9 Å². The minimum atomic E-state index is -4.45. The minimum Gasteiger partial charge on any atom is -0.462 e. The van der Waals surface area contributed by atoms with Gasteiger partial charge >= 0.3 is 88.4 Å². The molecule has 0 spiro atoms. The number of hydrogen-bond donors (Lipinski definition) is 1. The summed E-state index contributed by atoms with van der Waals surface area (Å²) in [5.41, 5.74) is -16.4. The van der Waals surface area contributed by atoms with Gasteiger partial charge in [-0.05, 0) is 69.2 Å². The van der Waals surface area contributed by atoms with Crippen molar-refractivity contribution in [3.8, 4) is 0 Å². The van der Waals surface area contributed by atoms with Crippen molar-refractivity contribution >= 4 is 77.4 Å². The van der Waals surface area contributed by atoms with Crippen molar-refractivity contribution in [3.63, 3.8) is 0 Å². The Morgan fingerprint density at radius 1 is 0.359 bits per heavy atom. The number of ketones is 1. The largest absolute Gasteiger partial charge is 0.462 e. The highest BCUT2D eigenvalue weighted by Gasteiger charge is 2.69. The fourth-order valence-electron chi connectivity index (χ4n) is 5.07. The van der Waals surface area contributed by atoms with Gasteiger partial charge in [0.25, 0.3) is 0 Å². The fourth-order valence-corrected chi connectivity index (χ4v) is 5.07. The lowest BCUT2D eigenvalue weighted by Crippen LogP contribution is -2.65. The molecule has 2 atom stereocenters. The molecule has 2 unspecified atom stereocenters. The van der Waals surface area contributed by atoms with E-state index in [0.29, 0.717) is 6.92 Å². The molecule has 0 aliphatic carbocycles. The smallest absolute Gasteiger partial charge is 0.400 e. The quantitative estimate of drug-likeness (QED) is 0.0541. The molecule has 64 heavy (non-hydrogen) atoms. The van der Waals surface area contributed by atoms with Crippen LogP contribution in [0.25, 0.3) is 0 Å². The molecule has 0 radical (unpaired) electrons. The normalized spacial score (nSPS) is 12.5. The van der Waals surface area contributed by atoms with Crippen LogP contribution in [0, 0.1) is 5.92 Å². The highest BCUT2D eigenvalue weighted by Crippen LogP contribution is 2.34. The predicted molar refractivity (Wildman–Crippen MR) is 200 cm³/mol. The third kappa shape index (κ3) is 12.5. The number of carbonyl (C=O) groups is 13. The topological polar surface area (TPSA) is 353 Å². The van der Waals surface area contributed by atoms with Gasteiger partial charge in [-0.2, -0.15) is 0 Å². The van der Waals surface area contributed by atoms with Gasteiger partial charge in [0.05, 0.1) is 65.9 Å². The van der Waals surface area contributed by atoms with Crippen LogP contribution in [0.2, 0.25) is 0 Å². The van der Waals surface area contributed by atoms with E-state index in [1.807, 2.05) is 0 Å². The van der Waals surface area contributed by atoms with E-state index in [9.17, 15) is 67.4 Å². The van der Waals surface area contributed by atoms with Crippen LogP contribution in [-0.2, 0) is 119 Å². The van der Waals surface area contributed by atoms with Gasteiger partial charge in [0.2, 0.25) is 0 Å². The van der Waals surface area contributed by atoms with Gasteiger partial charge in [0.15, 0.2) is 11.5 Å². The molecule has 0 rings (SSSR count). The maximum atomic E-state index is 14.5. The summed E-state index contributed by atoms with van der Waals surface area (Å²) in [7, 11) is 0. The maximum Gasteiger partial charge on any atom is 0.400 e. The first-order chi connectivity index (χ1) is 30.0. The Kier molecular flexibility index (Phi) is 23.3. The van der Waals surface area contributed by atoms with Crippen LogP contribution < -0.4 is 0 Å². The van der Waals surface area contributed by atoms with Crippen molar-refractivity contribution in [2.45, 2.75) is 98.1 Å². The Morgan fingerprint density at radius 2 is 0.578 bits per heavy atom. The molecule has 26 nitrogen and oxygen atoms in total. The molecule has 0 saturated heterocycles. The van der Waals surface area contributed by atoms with Crippen molar-refractivity contribution in [2.75, 3.05) is 59.5 Å². The van der Waals surface area contributed by atoms with Gasteiger partial charge in [0, 0.05) is 0 Å². The second kappa shape index (κ2) is 26.0. The second-order valence-corrected chi connectivity index (χ2v) is 12.0. The van der Waals surface area contributed by atoms with E-state index < -0.39 is 172 Å². The molecule has 0 heterocycles. The molecular formula is C38H52O26. The van der Waals surface area contributed by atoms with Crippen molar-refractivity contribution < 1.29 is 124 Å². The molecule has 1 N–H and O–H groups in total. The zero-order chi connectivity index (χ0) is 49.6. The second-order valence-electron chi connectivity index (χ2n) is 12.0. The van der Waals surface area contributed by atoms with Crippen LogP contribution in [-0.4, -0.2) is 164 Å². The van der Waals surface area contributed by atoms with Crippen molar-refractivity contribution in [3.05, 3.63) is 0 Å². The molecular weight excluding hydrogens is 872 g/mol. The van der Waals surface area contributed by atoms with Crippen LogP contribution in [0.1, 0.15) is 75.7 Å². The SMILES string of the molecule is CCOC(=O)C(OC(=O)CC(O)(C(=O)OC(C(=O)OCC)(C(=O)OCC)C(=O)OCC)C(C(C)=O)C(=O)OC(C(=O)OCC)(C(=O)OCC)C(=O)OCC)(C(=O)OCC)C(=O)OCC. The fraction of sp³-hybridized carbons (Fsp3) is 0.658. The first kappa shape index (κ1) is 57.3. The summed E-state index contributed by atoms with van der Waals surface area (Å²) in [5, 5.41) is 12.3. The number of Topliss-reactive ketones (excluding diaryl/α,β-unsaturated/α-hetero) is 1. The van der Waals surface area contributed by atoms with Gasteiger partial charge in [0.1, 0.15) is 5.78 Å². The molecule has 0 fully saturated rings. The monoisotopic (exact) mass is 924 g/mol. The highest BCUT2D eigenvalue weighted by atomic mass is 16.7. The van der Waals surface area contributed by atoms with Crippen LogP contribution in [0.15, 0.2) is 0 Å². The summed E-state index contributed by atoms with van der Waals surface area (Å²) in [6.45, 7) is 4.98. The molecule has 0 aromatic heterocycles. The lowest BCUT2D eigenvalue weighted by Gasteiger charge is -2.36. The van der Waals surface area contributed by atoms with Crippen LogP contribution in [0.5, 0.6) is 0 Å². The molecule has 0 aromatic carbocycles. The molecule has 0 aromatic rings. The van der Waals surface area contributed by atoms with Gasteiger partial charge in [-0.15, -0.1) is 0 Å². The summed E-state index contributed by atoms with van der Waals surface area (Å²) in [6.07, 6.45) is -2.35. The molecule has 26 heteroatoms. The van der Waals surface area contributed by atoms with Gasteiger partial charge < -0.3 is 61.9 Å². The Balaban J connectivity index is 8.72. The molecule has 0 amide bonds. The molecule has 360 valence electrons. The Labute approximate surface area is 364 Å². The number of esters is 12. The molecule has 0 bridgehead atoms. The van der Waals surface area contributed by atoms with Crippen LogP contribution in [0.4, 0.5) is 0 Å². The number of aliphatic hydroxyl groups is 1. The van der Waals surface area contributed by atoms with Gasteiger partial charge in [-0.1, -0.05) is 0 Å². The highest BCUT2D eigenvalue weighted by molar-refractivity contribution is 6.26. The van der Waals surface area contributed by atoms with E-state index in [1.165, 1.54) is 20.8 Å². The van der Waals surface area contributed by atoms with Crippen molar-refractivity contribution in [1.82, 2.24) is 0 Å². The van der Waals surface area contributed by atoms with E-state index >= 15 is 0 Å². The third-order valence-corrected chi connectivity index (χ3v) is 7.72. The molecule has 0 saturated carbocycles. The standard InChI is InChI=1S/C38H52O26/c1-11-53-26(43)36(27(44)54-12-2,28(45)55-13-3)62-22(40)20-35(52,25(42)64-38(32(49)59-17-7,33(50)60-18-8)34(51)61-19-9)23(21(10)39)24(41)63-37(29(46)56-14-4,30(47)57-15-5)31(48)58-16-6/h23,52H,11-20H2,1-10H3. The first-order valence-electron chi connectivity index (χ1n) is 19.5. The van der Waals surface area contributed by atoms with Gasteiger partial charge in [-0.3, -0.25) is 14.4 Å². The van der Waals surface area contributed by atoms with Crippen molar-refractivity contribution in [1.29, 1.82) is 0 Å². The Bertz CT molecular complexity index is 1640. The average molecular weight is 925 g/mol. The van der Waals surface area contributed by atoms with Crippen LogP contribution >= 0.6 is 0 Å². The number of ether oxygens (including phenoxy) is 12. The first-order valence-corrected chi connectivity index (χ1v) is 19.5. The van der Waals surface area contributed by atoms with E-state index in [1.54, 1.807) is 0 Å². The van der Waals surface area contributed by atoms with E-state index in [0.717, 1.165) is 41.5 Å². The predicted octanol–water partition coefficient (Wildman–Crippen LogP) is -1.77. The minimum absolute atomic E-state index is 0.381. The van der Waals surface area contributed by atoms with Crippen LogP contribution in [0.3, 0.4) is 0 Å². The molecule has 0 aliphatic rings. The summed E-state index contributed by atoms with van der Waals surface area (Å²) >= 11 is 0. The number of carbonyl (C=O) groups excluding carboxylic acids is 13. The zero-order valence-electron chi connectivity index (χ0n) is 36.8. The van der Waals surface area contributed by atoms with E-state index in [-0.39, 0.29) is 0 Å². The Hall–Kier alpha value is -6.73. The van der Waals surface area contributed by atoms with E-state index in [2.05, 4.69) is 0 Å². The summed E-state index contributed by atoms with van der Waals surface area (Å²) in [4.78, 5) is 177. The summed E-state index contributed by atoms with van der Waals surface area (Å²) < 4.78 is 57.7. The maximum absolute atomic E-state index is 14.5. The lowest BCUT2D eigenvalue weighted by atomic mass is 9.81. The Morgan fingerprint density at radius 3 is 0.797 bits per heavy atom. The van der Waals surface area contributed by atoms with E-state index in [4.69, 9.17) is 56.8 Å². The summed E-state index contributed by atoms with van der Waals surface area (Å²) in [6, 6.07) is 0. The number of rotatable bonds is 27. The number of hydrogen-bond acceptors (Lipinski definition) is 26. The average Bonchev–Trinajstić information content (AvgIpc) is 3.21. The summed E-state index contributed by atoms with van der Waals surface area (Å²) in [5.74, 6) is -31.2. The molecule has 0 aliphatic heterocycles. The van der Waals surface area contributed by atoms with Crippen molar-refractivity contribution in [2.24, 2.45) is 5.92 Å². The third-order valence-electron chi connectivity index (χ3n) is 7.72. The zero-order valence-corrected chi connectivity index (χ0v) is 36.8.